The highest BCUT2D eigenvalue weighted by Gasteiger charge is 2.09. The predicted molar refractivity (Wildman–Crippen MR) is 56.6 cm³/mol. The summed E-state index contributed by atoms with van der Waals surface area (Å²) in [5, 5.41) is 3.29. The minimum absolute atomic E-state index is 0.866. The molecule has 0 amide bonds. The maximum atomic E-state index is 5.41. The number of anilines is 1. The molecule has 0 bridgehead atoms. The first-order chi connectivity index (χ1) is 6.33. The number of terminal acetylenes is 1. The third kappa shape index (κ3) is 1.21. The van der Waals surface area contributed by atoms with Crippen molar-refractivity contribution in [2.75, 3.05) is 11.9 Å². The lowest BCUT2D eigenvalue weighted by Gasteiger charge is -2.16. The minimum atomic E-state index is 0.866. The number of fused-ring (bicyclic) bond motifs is 1. The van der Waals surface area contributed by atoms with Crippen LogP contribution in [-0.2, 0) is 0 Å². The molecule has 0 unspecified atom stereocenters. The van der Waals surface area contributed by atoms with E-state index in [9.17, 15) is 0 Å². The Hall–Kier alpha value is -1.68. The standard InChI is InChI=1S/C12H11N/c1-3-10-7-6-9(2)11-5-4-8-13-12(10)11/h1,4-7,13H,8H2,2H3. The molecule has 0 radical (unpaired) electrons. The molecule has 0 atom stereocenters. The minimum Gasteiger partial charge on any atom is -0.380 e. The molecule has 64 valence electrons. The van der Waals surface area contributed by atoms with Gasteiger partial charge in [0.05, 0.1) is 5.69 Å². The van der Waals surface area contributed by atoms with Crippen molar-refractivity contribution in [3.8, 4) is 12.3 Å². The lowest BCUT2D eigenvalue weighted by Crippen LogP contribution is -2.07. The van der Waals surface area contributed by atoms with Crippen LogP contribution in [0, 0.1) is 19.3 Å². The fraction of sp³-hybridized carbons (Fsp3) is 0.167. The van der Waals surface area contributed by atoms with Crippen LogP contribution in [0.3, 0.4) is 0 Å². The van der Waals surface area contributed by atoms with Gasteiger partial charge in [0.1, 0.15) is 0 Å². The van der Waals surface area contributed by atoms with Crippen LogP contribution in [0.4, 0.5) is 5.69 Å². The summed E-state index contributed by atoms with van der Waals surface area (Å²) in [5.41, 5.74) is 4.54. The summed E-state index contributed by atoms with van der Waals surface area (Å²) in [6.45, 7) is 2.96. The lowest BCUT2D eigenvalue weighted by molar-refractivity contribution is 1.28. The van der Waals surface area contributed by atoms with Crippen molar-refractivity contribution in [2.45, 2.75) is 6.92 Å². The van der Waals surface area contributed by atoms with Gasteiger partial charge in [-0.05, 0) is 18.6 Å². The molecule has 0 saturated heterocycles. The first kappa shape index (κ1) is 7.94. The second-order valence-corrected chi connectivity index (χ2v) is 3.15. The molecule has 1 nitrogen and oxygen atoms in total. The topological polar surface area (TPSA) is 12.0 Å². The zero-order chi connectivity index (χ0) is 9.26. The molecule has 1 aromatic rings. The first-order valence-corrected chi connectivity index (χ1v) is 4.33. The molecule has 2 rings (SSSR count). The fourth-order valence-electron chi connectivity index (χ4n) is 1.59. The summed E-state index contributed by atoms with van der Waals surface area (Å²) >= 11 is 0. The van der Waals surface area contributed by atoms with Crippen LogP contribution in [0.25, 0.3) is 6.08 Å². The van der Waals surface area contributed by atoms with Gasteiger partial charge in [0.15, 0.2) is 0 Å². The molecule has 1 aromatic carbocycles. The third-order valence-electron chi connectivity index (χ3n) is 2.30. The number of hydrogen-bond acceptors (Lipinski definition) is 1. The molecule has 0 aromatic heterocycles. The maximum absolute atomic E-state index is 5.41. The van der Waals surface area contributed by atoms with E-state index >= 15 is 0 Å². The van der Waals surface area contributed by atoms with Crippen LogP contribution in [0.1, 0.15) is 16.7 Å². The van der Waals surface area contributed by atoms with Crippen molar-refractivity contribution in [2.24, 2.45) is 0 Å². The molecule has 1 heterocycles. The van der Waals surface area contributed by atoms with Gasteiger partial charge in [-0.25, -0.2) is 0 Å². The van der Waals surface area contributed by atoms with Crippen LogP contribution in [-0.4, -0.2) is 6.54 Å². The predicted octanol–water partition coefficient (Wildman–Crippen LogP) is 2.42. The van der Waals surface area contributed by atoms with Gasteiger partial charge in [-0.15, -0.1) is 6.42 Å². The van der Waals surface area contributed by atoms with Gasteiger partial charge < -0.3 is 5.32 Å². The molecule has 1 aliphatic rings. The normalized spacial score (nSPS) is 12.9. The van der Waals surface area contributed by atoms with E-state index in [4.69, 9.17) is 6.42 Å². The van der Waals surface area contributed by atoms with E-state index in [1.165, 1.54) is 11.1 Å². The Bertz CT molecular complexity index is 408. The van der Waals surface area contributed by atoms with Crippen LogP contribution in [0.5, 0.6) is 0 Å². The largest absolute Gasteiger partial charge is 0.380 e. The van der Waals surface area contributed by atoms with E-state index < -0.39 is 0 Å². The van der Waals surface area contributed by atoms with Crippen molar-refractivity contribution in [3.63, 3.8) is 0 Å². The van der Waals surface area contributed by atoms with Crippen molar-refractivity contribution >= 4 is 11.8 Å². The Morgan fingerprint density at radius 2 is 2.31 bits per heavy atom. The van der Waals surface area contributed by atoms with E-state index in [0.717, 1.165) is 17.8 Å². The van der Waals surface area contributed by atoms with E-state index in [0.29, 0.717) is 0 Å². The molecule has 0 fully saturated rings. The number of benzene rings is 1. The van der Waals surface area contributed by atoms with Gasteiger partial charge in [0, 0.05) is 17.7 Å². The molecular weight excluding hydrogens is 158 g/mol. The van der Waals surface area contributed by atoms with Crippen LogP contribution >= 0.6 is 0 Å². The highest BCUT2D eigenvalue weighted by molar-refractivity contribution is 5.77. The summed E-state index contributed by atoms with van der Waals surface area (Å²) in [6.07, 6.45) is 9.64. The van der Waals surface area contributed by atoms with Crippen molar-refractivity contribution in [1.29, 1.82) is 0 Å². The second kappa shape index (κ2) is 2.99. The number of hydrogen-bond donors (Lipinski definition) is 1. The average molecular weight is 169 g/mol. The second-order valence-electron chi connectivity index (χ2n) is 3.15. The Kier molecular flexibility index (Phi) is 1.83. The molecule has 13 heavy (non-hydrogen) atoms. The van der Waals surface area contributed by atoms with Gasteiger partial charge in [0.2, 0.25) is 0 Å². The quantitative estimate of drug-likeness (QED) is 0.588. The van der Waals surface area contributed by atoms with Gasteiger partial charge in [-0.2, -0.15) is 0 Å². The number of rotatable bonds is 0. The first-order valence-electron chi connectivity index (χ1n) is 4.33. The summed E-state index contributed by atoms with van der Waals surface area (Å²) < 4.78 is 0. The fourth-order valence-corrected chi connectivity index (χ4v) is 1.59. The Labute approximate surface area is 78.5 Å². The summed E-state index contributed by atoms with van der Waals surface area (Å²) in [4.78, 5) is 0. The lowest BCUT2D eigenvalue weighted by atomic mass is 9.99. The smallest absolute Gasteiger partial charge is 0.0577 e. The van der Waals surface area contributed by atoms with Crippen LogP contribution < -0.4 is 5.32 Å². The summed E-state index contributed by atoms with van der Waals surface area (Å²) in [7, 11) is 0. The Morgan fingerprint density at radius 1 is 1.46 bits per heavy atom. The van der Waals surface area contributed by atoms with Gasteiger partial charge in [-0.1, -0.05) is 24.1 Å². The summed E-state index contributed by atoms with van der Waals surface area (Å²) in [5.74, 6) is 2.69. The van der Waals surface area contributed by atoms with Crippen molar-refractivity contribution in [3.05, 3.63) is 34.9 Å². The molecule has 1 aliphatic heterocycles. The zero-order valence-electron chi connectivity index (χ0n) is 7.59. The van der Waals surface area contributed by atoms with Gasteiger partial charge in [0.25, 0.3) is 0 Å². The van der Waals surface area contributed by atoms with Crippen LogP contribution in [0.15, 0.2) is 18.2 Å². The Morgan fingerprint density at radius 3 is 3.08 bits per heavy atom. The molecule has 0 aliphatic carbocycles. The zero-order valence-corrected chi connectivity index (χ0v) is 7.59. The van der Waals surface area contributed by atoms with Crippen molar-refractivity contribution in [1.82, 2.24) is 0 Å². The van der Waals surface area contributed by atoms with E-state index in [-0.39, 0.29) is 0 Å². The average Bonchev–Trinajstić information content (AvgIpc) is 2.19. The highest BCUT2D eigenvalue weighted by atomic mass is 14.9. The molecule has 0 saturated carbocycles. The summed E-state index contributed by atoms with van der Waals surface area (Å²) in [6, 6.07) is 4.05. The highest BCUT2D eigenvalue weighted by Crippen LogP contribution is 2.27. The van der Waals surface area contributed by atoms with Crippen molar-refractivity contribution < 1.29 is 0 Å². The molecule has 1 N–H and O–H groups in total. The van der Waals surface area contributed by atoms with E-state index in [1.807, 2.05) is 6.07 Å². The molecular formula is C12H11N. The Balaban J connectivity index is 2.69. The third-order valence-corrected chi connectivity index (χ3v) is 2.30. The van der Waals surface area contributed by atoms with E-state index in [1.54, 1.807) is 0 Å². The van der Waals surface area contributed by atoms with Crippen LogP contribution in [0.2, 0.25) is 0 Å². The number of nitrogens with one attached hydrogen (secondary N) is 1. The van der Waals surface area contributed by atoms with Gasteiger partial charge >= 0.3 is 0 Å². The SMILES string of the molecule is C#Cc1ccc(C)c2c1NCC=C2. The number of aryl methyl sites for hydroxylation is 1. The monoisotopic (exact) mass is 169 g/mol. The van der Waals surface area contributed by atoms with E-state index in [2.05, 4.69) is 36.4 Å². The molecule has 0 spiro atoms. The molecule has 1 heteroatoms. The van der Waals surface area contributed by atoms with Gasteiger partial charge in [-0.3, -0.25) is 0 Å². The maximum Gasteiger partial charge on any atom is 0.0577 e.